The number of para-hydroxylation sites is 1. The van der Waals surface area contributed by atoms with E-state index >= 15 is 0 Å². The molecule has 0 aliphatic rings. The van der Waals surface area contributed by atoms with Gasteiger partial charge in [-0.3, -0.25) is 14.9 Å². The molecule has 0 heterocycles. The molecule has 1 unspecified atom stereocenters. The minimum Gasteiger partial charge on any atom is -0.457 e. The maximum Gasteiger partial charge on any atom is 0.242 e. The summed E-state index contributed by atoms with van der Waals surface area (Å²) in [6.45, 7) is 1.49. The first kappa shape index (κ1) is 18.0. The molecular formula is C18H20N4O3. The first-order valence-electron chi connectivity index (χ1n) is 7.68. The van der Waals surface area contributed by atoms with Gasteiger partial charge in [-0.1, -0.05) is 30.3 Å². The number of benzene rings is 2. The molecule has 0 aromatic heterocycles. The lowest BCUT2D eigenvalue weighted by molar-refractivity contribution is -0.120. The largest absolute Gasteiger partial charge is 0.457 e. The van der Waals surface area contributed by atoms with Crippen LogP contribution in [0.5, 0.6) is 11.5 Å². The van der Waals surface area contributed by atoms with E-state index in [1.807, 2.05) is 30.3 Å². The minimum absolute atomic E-state index is 0.0904. The maximum atomic E-state index is 12.0. The van der Waals surface area contributed by atoms with E-state index in [9.17, 15) is 9.59 Å². The average Bonchev–Trinajstić information content (AvgIpc) is 2.55. The summed E-state index contributed by atoms with van der Waals surface area (Å²) >= 11 is 0. The zero-order valence-corrected chi connectivity index (χ0v) is 13.8. The highest BCUT2D eigenvalue weighted by molar-refractivity contribution is 5.98. The fourth-order valence-corrected chi connectivity index (χ4v) is 2.02. The van der Waals surface area contributed by atoms with Crippen LogP contribution in [0, 0.1) is 0 Å². The van der Waals surface area contributed by atoms with Crippen molar-refractivity contribution >= 4 is 17.8 Å². The monoisotopic (exact) mass is 340 g/mol. The van der Waals surface area contributed by atoms with Crippen LogP contribution in [0.25, 0.3) is 0 Å². The van der Waals surface area contributed by atoms with Crippen LogP contribution in [-0.4, -0.2) is 23.8 Å². The number of amides is 2. The van der Waals surface area contributed by atoms with Crippen molar-refractivity contribution in [2.24, 2.45) is 16.5 Å². The van der Waals surface area contributed by atoms with Crippen molar-refractivity contribution in [3.8, 4) is 11.5 Å². The summed E-state index contributed by atoms with van der Waals surface area (Å²) in [4.78, 5) is 26.7. The van der Waals surface area contributed by atoms with E-state index in [1.165, 1.54) is 6.92 Å². The van der Waals surface area contributed by atoms with Crippen LogP contribution < -0.4 is 21.5 Å². The molecule has 0 spiro atoms. The Kier molecular flexibility index (Phi) is 6.11. The zero-order valence-electron chi connectivity index (χ0n) is 13.8. The third-order valence-corrected chi connectivity index (χ3v) is 3.25. The molecule has 130 valence electrons. The van der Waals surface area contributed by atoms with Crippen LogP contribution in [0.1, 0.15) is 12.5 Å². The van der Waals surface area contributed by atoms with Crippen molar-refractivity contribution in [3.05, 3.63) is 60.2 Å². The van der Waals surface area contributed by atoms with E-state index in [1.54, 1.807) is 24.3 Å². The maximum absolute atomic E-state index is 12.0. The first-order chi connectivity index (χ1) is 11.9. The minimum atomic E-state index is -0.803. The summed E-state index contributed by atoms with van der Waals surface area (Å²) in [5, 5.41) is 2.42. The third-order valence-electron chi connectivity index (χ3n) is 3.25. The summed E-state index contributed by atoms with van der Waals surface area (Å²) in [7, 11) is 0. The number of carbonyl (C=O) groups is 2. The quantitative estimate of drug-likeness (QED) is 0.542. The van der Waals surface area contributed by atoms with Crippen molar-refractivity contribution in [1.82, 2.24) is 5.32 Å². The van der Waals surface area contributed by atoms with E-state index < -0.39 is 11.9 Å². The third kappa shape index (κ3) is 5.98. The number of aliphatic imine (C=N–C) groups is 1. The van der Waals surface area contributed by atoms with Gasteiger partial charge in [-0.2, -0.15) is 0 Å². The van der Waals surface area contributed by atoms with Crippen molar-refractivity contribution in [1.29, 1.82) is 0 Å². The number of hydrogen-bond donors (Lipinski definition) is 3. The molecule has 0 saturated heterocycles. The summed E-state index contributed by atoms with van der Waals surface area (Å²) in [6.07, 6.45) is 0.0904. The van der Waals surface area contributed by atoms with Gasteiger partial charge in [0.25, 0.3) is 0 Å². The number of nitrogens with two attached hydrogens (primary N) is 2. The fourth-order valence-electron chi connectivity index (χ4n) is 2.02. The van der Waals surface area contributed by atoms with E-state index in [-0.39, 0.29) is 18.3 Å². The molecule has 7 heteroatoms. The average molecular weight is 340 g/mol. The van der Waals surface area contributed by atoms with Crippen molar-refractivity contribution < 1.29 is 14.3 Å². The van der Waals surface area contributed by atoms with Gasteiger partial charge in [0, 0.05) is 0 Å². The van der Waals surface area contributed by atoms with Gasteiger partial charge in [-0.25, -0.2) is 4.99 Å². The van der Waals surface area contributed by atoms with Gasteiger partial charge in [-0.05, 0) is 36.8 Å². The molecule has 2 aromatic rings. The topological polar surface area (TPSA) is 120 Å². The van der Waals surface area contributed by atoms with Crippen LogP contribution in [-0.2, 0) is 16.0 Å². The van der Waals surface area contributed by atoms with Crippen LogP contribution in [0.15, 0.2) is 59.6 Å². The van der Waals surface area contributed by atoms with Gasteiger partial charge in [0.05, 0.1) is 6.42 Å². The molecule has 25 heavy (non-hydrogen) atoms. The van der Waals surface area contributed by atoms with E-state index in [0.29, 0.717) is 11.5 Å². The Bertz CT molecular complexity index is 775. The molecule has 0 radical (unpaired) electrons. The van der Waals surface area contributed by atoms with Crippen LogP contribution >= 0.6 is 0 Å². The number of carbonyl (C=O) groups excluding carboxylic acids is 2. The molecule has 0 saturated carbocycles. The highest BCUT2D eigenvalue weighted by Crippen LogP contribution is 2.21. The van der Waals surface area contributed by atoms with Gasteiger partial charge >= 0.3 is 0 Å². The first-order valence-corrected chi connectivity index (χ1v) is 7.68. The number of guanidine groups is 1. The Morgan fingerprint density at radius 1 is 1.08 bits per heavy atom. The van der Waals surface area contributed by atoms with Gasteiger partial charge in [0.2, 0.25) is 11.8 Å². The molecule has 7 nitrogen and oxygen atoms in total. The molecule has 5 N–H and O–H groups in total. The van der Waals surface area contributed by atoms with Crippen molar-refractivity contribution in [3.63, 3.8) is 0 Å². The standard InChI is InChI=1S/C18H20N4O3/c1-12(17(19)24)21-18(20)22-16(23)11-13-6-5-9-15(10-13)25-14-7-3-2-4-8-14/h2-10,12H,11H2,1H3,(H2,19,24)(H3,20,21,22,23). The Hall–Kier alpha value is -3.35. The predicted octanol–water partition coefficient (Wildman–Crippen LogP) is 1.33. The second kappa shape index (κ2) is 8.49. The molecule has 2 amide bonds. The second-order valence-corrected chi connectivity index (χ2v) is 5.38. The molecular weight excluding hydrogens is 320 g/mol. The lowest BCUT2D eigenvalue weighted by atomic mass is 10.1. The van der Waals surface area contributed by atoms with Crippen LogP contribution in [0.4, 0.5) is 0 Å². The highest BCUT2D eigenvalue weighted by Gasteiger charge is 2.10. The molecule has 0 bridgehead atoms. The van der Waals surface area contributed by atoms with Crippen molar-refractivity contribution in [2.45, 2.75) is 19.4 Å². The molecule has 1 atom stereocenters. The van der Waals surface area contributed by atoms with Crippen LogP contribution in [0.2, 0.25) is 0 Å². The van der Waals surface area contributed by atoms with Gasteiger partial charge in [0.15, 0.2) is 5.96 Å². The summed E-state index contributed by atoms with van der Waals surface area (Å²) in [6, 6.07) is 15.7. The summed E-state index contributed by atoms with van der Waals surface area (Å²) in [5.74, 6) is 0.215. The molecule has 0 aliphatic heterocycles. The molecule has 2 aromatic carbocycles. The van der Waals surface area contributed by atoms with Gasteiger partial charge in [0.1, 0.15) is 17.5 Å². The number of primary amides is 1. The normalized spacial score (nSPS) is 12.3. The zero-order chi connectivity index (χ0) is 18.2. The Morgan fingerprint density at radius 3 is 2.44 bits per heavy atom. The number of hydrogen-bond acceptors (Lipinski definition) is 4. The summed E-state index contributed by atoms with van der Waals surface area (Å²) in [5.41, 5.74) is 11.4. The SMILES string of the molecule is CC(N=C(N)NC(=O)Cc1cccc(Oc2ccccc2)c1)C(N)=O. The second-order valence-electron chi connectivity index (χ2n) is 5.38. The lowest BCUT2D eigenvalue weighted by Crippen LogP contribution is -2.39. The molecule has 0 fully saturated rings. The van der Waals surface area contributed by atoms with Gasteiger partial charge < -0.3 is 16.2 Å². The van der Waals surface area contributed by atoms with E-state index in [4.69, 9.17) is 16.2 Å². The molecule has 2 rings (SSSR count). The number of nitrogens with zero attached hydrogens (tertiary/aromatic N) is 1. The predicted molar refractivity (Wildman–Crippen MR) is 95.1 cm³/mol. The molecule has 0 aliphatic carbocycles. The van der Waals surface area contributed by atoms with Crippen molar-refractivity contribution in [2.75, 3.05) is 0 Å². The number of rotatable bonds is 6. The van der Waals surface area contributed by atoms with E-state index in [0.717, 1.165) is 5.56 Å². The Balaban J connectivity index is 1.97. The van der Waals surface area contributed by atoms with Crippen LogP contribution in [0.3, 0.4) is 0 Å². The fraction of sp³-hybridized carbons (Fsp3) is 0.167. The lowest BCUT2D eigenvalue weighted by Gasteiger charge is -2.09. The Labute approximate surface area is 145 Å². The van der Waals surface area contributed by atoms with Gasteiger partial charge in [-0.15, -0.1) is 0 Å². The van der Waals surface area contributed by atoms with E-state index in [2.05, 4.69) is 10.3 Å². The highest BCUT2D eigenvalue weighted by atomic mass is 16.5. The Morgan fingerprint density at radius 2 is 1.76 bits per heavy atom. The smallest absolute Gasteiger partial charge is 0.242 e. The number of ether oxygens (including phenoxy) is 1. The summed E-state index contributed by atoms with van der Waals surface area (Å²) < 4.78 is 5.73. The number of nitrogens with one attached hydrogen (secondary N) is 1.